The van der Waals surface area contributed by atoms with Crippen molar-refractivity contribution in [1.82, 2.24) is 5.32 Å². The topological polar surface area (TPSA) is 84.9 Å². The molecule has 0 aromatic carbocycles. The molecule has 0 aromatic rings. The fourth-order valence-corrected chi connectivity index (χ4v) is 2.16. The van der Waals surface area contributed by atoms with Crippen LogP contribution in [-0.4, -0.2) is 36.2 Å². The van der Waals surface area contributed by atoms with Gasteiger partial charge in [0.15, 0.2) is 0 Å². The quantitative estimate of drug-likeness (QED) is 0.739. The lowest BCUT2D eigenvalue weighted by Crippen LogP contribution is -2.41. The second-order valence-electron chi connectivity index (χ2n) is 4.16. The number of amides is 1. The molecule has 1 saturated carbocycles. The molecule has 0 saturated heterocycles. The monoisotopic (exact) mass is 241 g/mol. The first-order valence-electron chi connectivity index (χ1n) is 5.66. The first-order valence-corrected chi connectivity index (χ1v) is 5.66. The van der Waals surface area contributed by atoms with E-state index < -0.39 is 17.8 Å². The minimum atomic E-state index is -0.859. The number of ether oxygens (including phenoxy) is 2. The SMILES string of the molecule is O=C(NC1CCCC1C(=O)O)C1=COCCO1. The number of carbonyl (C=O) groups is 2. The minimum absolute atomic E-state index is 0.118. The molecular formula is C11H15NO5. The van der Waals surface area contributed by atoms with E-state index in [1.165, 1.54) is 6.26 Å². The van der Waals surface area contributed by atoms with Gasteiger partial charge in [-0.2, -0.15) is 0 Å². The maximum Gasteiger partial charge on any atom is 0.308 e. The Hall–Kier alpha value is -1.72. The number of nitrogens with one attached hydrogen (secondary N) is 1. The molecule has 2 atom stereocenters. The highest BCUT2D eigenvalue weighted by Crippen LogP contribution is 2.26. The number of carboxylic acid groups (broad SMARTS) is 1. The summed E-state index contributed by atoms with van der Waals surface area (Å²) in [5, 5.41) is 11.7. The van der Waals surface area contributed by atoms with E-state index >= 15 is 0 Å². The van der Waals surface area contributed by atoms with Crippen LogP contribution in [0.25, 0.3) is 0 Å². The fraction of sp³-hybridized carbons (Fsp3) is 0.636. The van der Waals surface area contributed by atoms with Crippen LogP contribution in [0.15, 0.2) is 12.0 Å². The molecule has 0 spiro atoms. The van der Waals surface area contributed by atoms with E-state index in [0.29, 0.717) is 26.1 Å². The van der Waals surface area contributed by atoms with Crippen LogP contribution >= 0.6 is 0 Å². The second-order valence-corrected chi connectivity index (χ2v) is 4.16. The van der Waals surface area contributed by atoms with Crippen LogP contribution in [0.3, 0.4) is 0 Å². The van der Waals surface area contributed by atoms with Gasteiger partial charge in [0.05, 0.1) is 5.92 Å². The summed E-state index contributed by atoms with van der Waals surface area (Å²) >= 11 is 0. The van der Waals surface area contributed by atoms with Crippen LogP contribution in [0.1, 0.15) is 19.3 Å². The van der Waals surface area contributed by atoms with Gasteiger partial charge in [-0.15, -0.1) is 0 Å². The van der Waals surface area contributed by atoms with Crippen molar-refractivity contribution in [2.75, 3.05) is 13.2 Å². The van der Waals surface area contributed by atoms with Gasteiger partial charge in [0.25, 0.3) is 5.91 Å². The summed E-state index contributed by atoms with van der Waals surface area (Å²) in [5.41, 5.74) is 0. The predicted octanol–water partition coefficient (Wildman–Crippen LogP) is 0.244. The summed E-state index contributed by atoms with van der Waals surface area (Å²) in [4.78, 5) is 22.7. The second kappa shape index (κ2) is 5.07. The molecule has 2 aliphatic rings. The molecule has 2 rings (SSSR count). The van der Waals surface area contributed by atoms with E-state index in [1.54, 1.807) is 0 Å². The molecule has 2 N–H and O–H groups in total. The molecule has 1 aliphatic carbocycles. The Morgan fingerprint density at radius 2 is 2.18 bits per heavy atom. The van der Waals surface area contributed by atoms with Crippen molar-refractivity contribution in [3.63, 3.8) is 0 Å². The largest absolute Gasteiger partial charge is 0.494 e. The van der Waals surface area contributed by atoms with E-state index in [4.69, 9.17) is 14.6 Å². The zero-order valence-electron chi connectivity index (χ0n) is 9.35. The number of carboxylic acids is 1. The summed E-state index contributed by atoms with van der Waals surface area (Å²) in [6, 6.07) is -0.313. The zero-order valence-corrected chi connectivity index (χ0v) is 9.35. The van der Waals surface area contributed by atoms with Crippen LogP contribution in [0.2, 0.25) is 0 Å². The standard InChI is InChI=1S/C11H15NO5/c13-10(9-6-16-4-5-17-9)12-8-3-1-2-7(8)11(14)15/h6-8H,1-5H2,(H,12,13)(H,14,15). The highest BCUT2D eigenvalue weighted by atomic mass is 16.6. The molecule has 17 heavy (non-hydrogen) atoms. The highest BCUT2D eigenvalue weighted by Gasteiger charge is 2.34. The van der Waals surface area contributed by atoms with Crippen LogP contribution in [-0.2, 0) is 19.1 Å². The van der Waals surface area contributed by atoms with Gasteiger partial charge in [-0.3, -0.25) is 9.59 Å². The van der Waals surface area contributed by atoms with Gasteiger partial charge in [-0.25, -0.2) is 0 Å². The molecule has 0 radical (unpaired) electrons. The number of carbonyl (C=O) groups excluding carboxylic acids is 1. The number of rotatable bonds is 3. The number of hydrogen-bond donors (Lipinski definition) is 2. The van der Waals surface area contributed by atoms with Crippen molar-refractivity contribution in [2.45, 2.75) is 25.3 Å². The van der Waals surface area contributed by atoms with E-state index in [0.717, 1.165) is 6.42 Å². The van der Waals surface area contributed by atoms with Crippen molar-refractivity contribution < 1.29 is 24.2 Å². The third-order valence-electron chi connectivity index (χ3n) is 3.02. The molecule has 0 aromatic heterocycles. The van der Waals surface area contributed by atoms with Crippen LogP contribution in [0, 0.1) is 5.92 Å². The van der Waals surface area contributed by atoms with E-state index in [-0.39, 0.29) is 11.8 Å². The van der Waals surface area contributed by atoms with Crippen molar-refractivity contribution in [3.05, 3.63) is 12.0 Å². The summed E-state index contributed by atoms with van der Waals surface area (Å²) in [5.74, 6) is -1.64. The van der Waals surface area contributed by atoms with E-state index in [9.17, 15) is 9.59 Å². The fourth-order valence-electron chi connectivity index (χ4n) is 2.16. The Labute approximate surface area is 98.6 Å². The lowest BCUT2D eigenvalue weighted by molar-refractivity contribution is -0.142. The molecule has 6 nitrogen and oxygen atoms in total. The maximum absolute atomic E-state index is 11.7. The Morgan fingerprint density at radius 1 is 1.35 bits per heavy atom. The number of aliphatic carboxylic acids is 1. The highest BCUT2D eigenvalue weighted by molar-refractivity contribution is 5.91. The molecule has 6 heteroatoms. The van der Waals surface area contributed by atoms with Gasteiger partial charge >= 0.3 is 5.97 Å². The van der Waals surface area contributed by atoms with Gasteiger partial charge in [-0.1, -0.05) is 6.42 Å². The average Bonchev–Trinajstić information content (AvgIpc) is 2.78. The average molecular weight is 241 g/mol. The van der Waals surface area contributed by atoms with Gasteiger partial charge in [0.2, 0.25) is 5.76 Å². The van der Waals surface area contributed by atoms with E-state index in [2.05, 4.69) is 5.32 Å². The Balaban J connectivity index is 1.93. The van der Waals surface area contributed by atoms with Crippen molar-refractivity contribution in [1.29, 1.82) is 0 Å². The van der Waals surface area contributed by atoms with Crippen LogP contribution < -0.4 is 5.32 Å². The zero-order chi connectivity index (χ0) is 12.3. The van der Waals surface area contributed by atoms with E-state index in [1.807, 2.05) is 0 Å². The summed E-state index contributed by atoms with van der Waals surface area (Å²) < 4.78 is 10.1. The van der Waals surface area contributed by atoms with Crippen molar-refractivity contribution in [3.8, 4) is 0 Å². The number of hydrogen-bond acceptors (Lipinski definition) is 4. The summed E-state index contributed by atoms with van der Waals surface area (Å²) in [7, 11) is 0. The van der Waals surface area contributed by atoms with Crippen LogP contribution in [0.4, 0.5) is 0 Å². The Bertz CT molecular complexity index is 352. The molecular weight excluding hydrogens is 226 g/mol. The van der Waals surface area contributed by atoms with Gasteiger partial charge in [-0.05, 0) is 12.8 Å². The third-order valence-corrected chi connectivity index (χ3v) is 3.02. The molecule has 0 bridgehead atoms. The lowest BCUT2D eigenvalue weighted by Gasteiger charge is -2.20. The Morgan fingerprint density at radius 3 is 2.82 bits per heavy atom. The smallest absolute Gasteiger partial charge is 0.308 e. The summed E-state index contributed by atoms with van der Waals surface area (Å²) in [6.07, 6.45) is 3.38. The van der Waals surface area contributed by atoms with Gasteiger partial charge in [0, 0.05) is 6.04 Å². The predicted molar refractivity (Wildman–Crippen MR) is 56.9 cm³/mol. The third kappa shape index (κ3) is 2.69. The van der Waals surface area contributed by atoms with Crippen LogP contribution in [0.5, 0.6) is 0 Å². The molecule has 1 aliphatic heterocycles. The van der Waals surface area contributed by atoms with Gasteiger partial charge in [0.1, 0.15) is 19.5 Å². The maximum atomic E-state index is 11.7. The molecule has 2 unspecified atom stereocenters. The summed E-state index contributed by atoms with van der Waals surface area (Å²) in [6.45, 7) is 0.768. The van der Waals surface area contributed by atoms with Gasteiger partial charge < -0.3 is 19.9 Å². The molecule has 1 fully saturated rings. The van der Waals surface area contributed by atoms with Crippen molar-refractivity contribution in [2.24, 2.45) is 5.92 Å². The molecule has 1 heterocycles. The Kier molecular flexibility index (Phi) is 3.51. The molecule has 94 valence electrons. The normalized spacial score (nSPS) is 27.6. The minimum Gasteiger partial charge on any atom is -0.494 e. The van der Waals surface area contributed by atoms with Crippen molar-refractivity contribution >= 4 is 11.9 Å². The molecule has 1 amide bonds. The first-order chi connectivity index (χ1) is 8.18. The lowest BCUT2D eigenvalue weighted by atomic mass is 10.0. The first kappa shape index (κ1) is 11.8.